The molecule has 14 heteroatoms. The van der Waals surface area contributed by atoms with Crippen molar-refractivity contribution in [1.82, 2.24) is 30.2 Å². The lowest BCUT2D eigenvalue weighted by Crippen LogP contribution is -2.47. The largest absolute Gasteiger partial charge is 0.392 e. The molecular formula is C49H48N6O6S2. The summed E-state index contributed by atoms with van der Waals surface area (Å²) in [7, 11) is -3.97. The van der Waals surface area contributed by atoms with E-state index in [-0.39, 0.29) is 42.6 Å². The van der Waals surface area contributed by atoms with Crippen LogP contribution in [0, 0.1) is 12.8 Å². The molecular weight excluding hydrogens is 833 g/mol. The molecule has 0 spiro atoms. The van der Waals surface area contributed by atoms with E-state index in [0.29, 0.717) is 10.9 Å². The number of aryl methyl sites for hydroxylation is 1. The smallest absolute Gasteiger partial charge is 0.241 e. The third kappa shape index (κ3) is 10.8. The van der Waals surface area contributed by atoms with E-state index in [1.807, 2.05) is 140 Å². The van der Waals surface area contributed by atoms with Crippen molar-refractivity contribution in [1.29, 1.82) is 0 Å². The fourth-order valence-electron chi connectivity index (χ4n) is 7.48. The van der Waals surface area contributed by atoms with Gasteiger partial charge in [-0.15, -0.1) is 5.10 Å². The molecule has 322 valence electrons. The van der Waals surface area contributed by atoms with Crippen LogP contribution in [0.15, 0.2) is 168 Å². The Morgan fingerprint density at radius 2 is 1.46 bits per heavy atom. The molecule has 6 aromatic carbocycles. The van der Waals surface area contributed by atoms with Gasteiger partial charge >= 0.3 is 0 Å². The molecule has 1 saturated heterocycles. The Bertz CT molecular complexity index is 2700. The second kappa shape index (κ2) is 20.0. The normalized spacial score (nSPS) is 18.1. The van der Waals surface area contributed by atoms with Crippen LogP contribution >= 0.6 is 11.8 Å². The molecule has 1 fully saturated rings. The number of rotatable bonds is 16. The van der Waals surface area contributed by atoms with Crippen molar-refractivity contribution in [3.63, 3.8) is 0 Å². The number of aromatic nitrogens is 4. The van der Waals surface area contributed by atoms with Crippen molar-refractivity contribution in [3.05, 3.63) is 191 Å². The molecule has 5 atom stereocenters. The highest BCUT2D eigenvalue weighted by Gasteiger charge is 2.39. The van der Waals surface area contributed by atoms with Crippen LogP contribution in [0.5, 0.6) is 0 Å². The van der Waals surface area contributed by atoms with E-state index in [1.54, 1.807) is 16.8 Å². The Hall–Kier alpha value is -6.00. The Balaban J connectivity index is 0.965. The summed E-state index contributed by atoms with van der Waals surface area (Å²) in [5.74, 6) is 0.117. The predicted octanol–water partition coefficient (Wildman–Crippen LogP) is 7.92. The van der Waals surface area contributed by atoms with Crippen molar-refractivity contribution in [3.8, 4) is 16.8 Å². The van der Waals surface area contributed by atoms with Crippen molar-refractivity contribution in [2.45, 2.75) is 68.0 Å². The zero-order chi connectivity index (χ0) is 43.8. The zero-order valence-corrected chi connectivity index (χ0v) is 36.5. The lowest BCUT2D eigenvalue weighted by Gasteiger charge is -2.41. The number of sulfonamides is 1. The number of tetrazole rings is 1. The van der Waals surface area contributed by atoms with Gasteiger partial charge < -0.3 is 19.9 Å². The third-order valence-electron chi connectivity index (χ3n) is 11.1. The van der Waals surface area contributed by atoms with Gasteiger partial charge in [0.1, 0.15) is 6.04 Å². The number of nitrogens with zero attached hydrogens (tertiary/aromatic N) is 4. The van der Waals surface area contributed by atoms with Crippen molar-refractivity contribution < 1.29 is 27.8 Å². The first-order chi connectivity index (χ1) is 30.6. The summed E-state index contributed by atoms with van der Waals surface area (Å²) in [6.07, 6.45) is -0.997. The number of carbonyl (C=O) groups is 1. The number of ether oxygens (including phenoxy) is 2. The summed E-state index contributed by atoms with van der Waals surface area (Å²) >= 11 is 1.53. The molecule has 0 aliphatic carbocycles. The third-order valence-corrected chi connectivity index (χ3v) is 13.6. The molecule has 2 heterocycles. The number of carbonyl (C=O) groups excluding carboxylic acids is 1. The van der Waals surface area contributed by atoms with Crippen LogP contribution in [0.3, 0.4) is 0 Å². The van der Waals surface area contributed by atoms with E-state index >= 15 is 0 Å². The fraction of sp³-hybridized carbons (Fsp3) is 0.224. The molecule has 1 amide bonds. The minimum atomic E-state index is -3.97. The van der Waals surface area contributed by atoms with Gasteiger partial charge in [-0.3, -0.25) is 4.79 Å². The fourth-order valence-corrected chi connectivity index (χ4v) is 9.73. The molecule has 0 unspecified atom stereocenters. The molecule has 8 rings (SSSR count). The number of aliphatic hydroxyl groups excluding tert-OH is 1. The number of nitrogens with one attached hydrogen (secondary N) is 2. The Morgan fingerprint density at radius 3 is 2.17 bits per heavy atom. The van der Waals surface area contributed by atoms with E-state index < -0.39 is 28.3 Å². The number of hydrogen-bond donors (Lipinski definition) is 3. The predicted molar refractivity (Wildman–Crippen MR) is 242 cm³/mol. The minimum absolute atomic E-state index is 0.0284. The summed E-state index contributed by atoms with van der Waals surface area (Å²) in [5.41, 5.74) is 8.06. The number of para-hydroxylation sites is 1. The molecule has 3 N–H and O–H groups in total. The van der Waals surface area contributed by atoms with Gasteiger partial charge in [-0.25, -0.2) is 8.42 Å². The molecule has 7 aromatic rings. The summed E-state index contributed by atoms with van der Waals surface area (Å²) in [4.78, 5) is 13.8. The molecule has 1 aliphatic heterocycles. The number of hydrogen-bond acceptors (Lipinski definition) is 10. The number of aliphatic hydroxyl groups is 1. The molecule has 0 saturated carbocycles. The van der Waals surface area contributed by atoms with Gasteiger partial charge in [-0.05, 0) is 87.5 Å². The monoisotopic (exact) mass is 880 g/mol. The average molecular weight is 881 g/mol. The number of benzene rings is 6. The summed E-state index contributed by atoms with van der Waals surface area (Å²) in [6.45, 7) is 4.16. The summed E-state index contributed by atoms with van der Waals surface area (Å²) < 4.78 is 44.6. The molecule has 0 radical (unpaired) electrons. The molecule has 1 aromatic heterocycles. The van der Waals surface area contributed by atoms with Gasteiger partial charge in [0, 0.05) is 23.8 Å². The SMILES string of the molecule is Cc1ccc(S(=O)(=O)N[C@H](Cc2ccccc2)C(=O)NCc2cccc(-c3ccc([C@@H]4O[C@H](CSc5nnnn5-c5ccccc5)[C@H](C)[C@H](c5ccc(CO)cc5)O4)cc3)c2)cc1. The van der Waals surface area contributed by atoms with E-state index in [4.69, 9.17) is 9.47 Å². The first-order valence-corrected chi connectivity index (χ1v) is 23.2. The van der Waals surface area contributed by atoms with E-state index in [1.165, 1.54) is 23.9 Å². The number of thioether (sulfide) groups is 1. The molecule has 12 nitrogen and oxygen atoms in total. The van der Waals surface area contributed by atoms with E-state index in [0.717, 1.165) is 50.2 Å². The van der Waals surface area contributed by atoms with Gasteiger partial charge in [0.25, 0.3) is 0 Å². The standard InChI is InChI=1S/C49H48N6O6S2/c1-33-16-26-43(27-17-33)63(58,59)52-44(29-35-10-5-3-6-11-35)47(57)50-30-37-12-9-13-41(28-37)38-22-24-40(25-23-38)48-60-45(34(2)46(61-48)39-20-18-36(31-56)19-21-39)32-62-49-51-53-54-55(49)42-14-7-4-8-15-42/h3-28,34,44-46,48,52,56H,29-32H2,1-2H3,(H,50,57)/t34-,44+,45+,46+,48+/m0/s1. The maximum atomic E-state index is 13.7. The average Bonchev–Trinajstić information content (AvgIpc) is 3.80. The van der Waals surface area contributed by atoms with E-state index in [2.05, 4.69) is 32.5 Å². The quantitative estimate of drug-likeness (QED) is 0.0815. The van der Waals surface area contributed by atoms with Crippen LogP contribution < -0.4 is 10.0 Å². The van der Waals surface area contributed by atoms with Crippen LogP contribution in [-0.4, -0.2) is 57.5 Å². The van der Waals surface area contributed by atoms with Gasteiger partial charge in [0.15, 0.2) is 6.29 Å². The Kier molecular flexibility index (Phi) is 13.9. The second-order valence-corrected chi connectivity index (χ2v) is 18.3. The highest BCUT2D eigenvalue weighted by atomic mass is 32.2. The van der Waals surface area contributed by atoms with Crippen LogP contribution in [0.4, 0.5) is 0 Å². The van der Waals surface area contributed by atoms with Gasteiger partial charge in [0.2, 0.25) is 21.1 Å². The van der Waals surface area contributed by atoms with Crippen molar-refractivity contribution in [2.75, 3.05) is 5.75 Å². The van der Waals surface area contributed by atoms with Gasteiger partial charge in [-0.1, -0.05) is 152 Å². The molecule has 63 heavy (non-hydrogen) atoms. The topological polar surface area (TPSA) is 158 Å². The van der Waals surface area contributed by atoms with Crippen LogP contribution in [0.1, 0.15) is 52.7 Å². The van der Waals surface area contributed by atoms with Gasteiger partial charge in [-0.2, -0.15) is 9.40 Å². The van der Waals surface area contributed by atoms with E-state index in [9.17, 15) is 18.3 Å². The van der Waals surface area contributed by atoms with Crippen molar-refractivity contribution in [2.24, 2.45) is 5.92 Å². The summed E-state index contributed by atoms with van der Waals surface area (Å²) in [5, 5.41) is 25.8. The summed E-state index contributed by atoms with van der Waals surface area (Å²) in [6, 6.07) is 48.4. The second-order valence-electron chi connectivity index (χ2n) is 15.6. The lowest BCUT2D eigenvalue weighted by molar-refractivity contribution is -0.268. The van der Waals surface area contributed by atoms with Crippen LogP contribution in [0.2, 0.25) is 0 Å². The highest BCUT2D eigenvalue weighted by Crippen LogP contribution is 2.43. The maximum Gasteiger partial charge on any atom is 0.241 e. The maximum absolute atomic E-state index is 13.7. The Morgan fingerprint density at radius 1 is 0.778 bits per heavy atom. The first kappa shape index (κ1) is 43.6. The van der Waals surface area contributed by atoms with Crippen LogP contribution in [0.25, 0.3) is 16.8 Å². The first-order valence-electron chi connectivity index (χ1n) is 20.7. The zero-order valence-electron chi connectivity index (χ0n) is 34.8. The number of amides is 1. The van der Waals surface area contributed by atoms with Crippen molar-refractivity contribution >= 4 is 27.7 Å². The lowest BCUT2D eigenvalue weighted by atomic mass is 9.91. The van der Waals surface area contributed by atoms with Crippen LogP contribution in [-0.2, 0) is 43.9 Å². The highest BCUT2D eigenvalue weighted by molar-refractivity contribution is 7.99. The molecule has 0 bridgehead atoms. The van der Waals surface area contributed by atoms with Gasteiger partial charge in [0.05, 0.1) is 29.4 Å². The molecule has 1 aliphatic rings. The Labute approximate surface area is 371 Å². The minimum Gasteiger partial charge on any atom is -0.392 e.